The molecule has 1 atom stereocenters. The van der Waals surface area contributed by atoms with Gasteiger partial charge >= 0.3 is 0 Å². The largest absolute Gasteiger partial charge is 0.391 e. The Bertz CT molecular complexity index is 307. The first kappa shape index (κ1) is 12.7. The molecule has 0 aliphatic rings. The van der Waals surface area contributed by atoms with Crippen molar-refractivity contribution < 1.29 is 9.84 Å². The van der Waals surface area contributed by atoms with Crippen LogP contribution in [0.5, 0.6) is 0 Å². The van der Waals surface area contributed by atoms with Crippen LogP contribution < -0.4 is 10.6 Å². The van der Waals surface area contributed by atoms with Gasteiger partial charge in [0.1, 0.15) is 0 Å². The number of methoxy groups -OCH3 is 1. The molecular weight excluding hydrogens is 206 g/mol. The highest BCUT2D eigenvalue weighted by atomic mass is 16.5. The SMILES string of the molecule is CNc1cncc(NCCC(O)COC)c1. The molecule has 3 N–H and O–H groups in total. The van der Waals surface area contributed by atoms with Crippen LogP contribution in [0.4, 0.5) is 11.4 Å². The highest BCUT2D eigenvalue weighted by Gasteiger charge is 2.02. The van der Waals surface area contributed by atoms with Gasteiger partial charge in [-0.1, -0.05) is 0 Å². The molecule has 0 fully saturated rings. The molecule has 1 rings (SSSR count). The molecule has 1 aromatic rings. The summed E-state index contributed by atoms with van der Waals surface area (Å²) >= 11 is 0. The minimum Gasteiger partial charge on any atom is -0.391 e. The van der Waals surface area contributed by atoms with Gasteiger partial charge in [-0.3, -0.25) is 4.98 Å². The highest BCUT2D eigenvalue weighted by molar-refractivity contribution is 5.53. The predicted molar refractivity (Wildman–Crippen MR) is 64.8 cm³/mol. The van der Waals surface area contributed by atoms with Crippen LogP contribution in [-0.2, 0) is 4.74 Å². The van der Waals surface area contributed by atoms with Crippen molar-refractivity contribution in [1.82, 2.24) is 4.98 Å². The Morgan fingerprint density at radius 3 is 2.88 bits per heavy atom. The summed E-state index contributed by atoms with van der Waals surface area (Å²) in [5, 5.41) is 15.6. The van der Waals surface area contributed by atoms with Gasteiger partial charge in [0.25, 0.3) is 0 Å². The number of aromatic nitrogens is 1. The molecule has 1 heterocycles. The zero-order valence-electron chi connectivity index (χ0n) is 9.73. The number of hydrogen-bond acceptors (Lipinski definition) is 5. The summed E-state index contributed by atoms with van der Waals surface area (Å²) in [5.74, 6) is 0. The highest BCUT2D eigenvalue weighted by Crippen LogP contribution is 2.11. The zero-order chi connectivity index (χ0) is 11.8. The van der Waals surface area contributed by atoms with Crippen molar-refractivity contribution in [2.75, 3.05) is 37.9 Å². The maximum absolute atomic E-state index is 9.43. The number of ether oxygens (including phenoxy) is 1. The Kier molecular flexibility index (Phi) is 5.60. The van der Waals surface area contributed by atoms with Crippen molar-refractivity contribution in [3.8, 4) is 0 Å². The number of hydrogen-bond donors (Lipinski definition) is 3. The second kappa shape index (κ2) is 7.03. The fourth-order valence-corrected chi connectivity index (χ4v) is 1.33. The summed E-state index contributed by atoms with van der Waals surface area (Å²) in [7, 11) is 3.43. The molecule has 0 amide bonds. The maximum atomic E-state index is 9.43. The minimum atomic E-state index is -0.419. The van der Waals surface area contributed by atoms with Crippen LogP contribution in [0.2, 0.25) is 0 Å². The van der Waals surface area contributed by atoms with Crippen molar-refractivity contribution in [1.29, 1.82) is 0 Å². The van der Waals surface area contributed by atoms with E-state index in [4.69, 9.17) is 4.74 Å². The van der Waals surface area contributed by atoms with Crippen molar-refractivity contribution >= 4 is 11.4 Å². The molecule has 0 aromatic carbocycles. The fourth-order valence-electron chi connectivity index (χ4n) is 1.33. The molecule has 0 aliphatic heterocycles. The number of aliphatic hydroxyl groups excluding tert-OH is 1. The molecule has 0 saturated heterocycles. The van der Waals surface area contributed by atoms with Crippen LogP contribution in [0.1, 0.15) is 6.42 Å². The van der Waals surface area contributed by atoms with E-state index in [2.05, 4.69) is 15.6 Å². The summed E-state index contributed by atoms with van der Waals surface area (Å²) in [4.78, 5) is 4.08. The number of pyridine rings is 1. The van der Waals surface area contributed by atoms with Crippen LogP contribution >= 0.6 is 0 Å². The maximum Gasteiger partial charge on any atom is 0.0790 e. The summed E-state index contributed by atoms with van der Waals surface area (Å²) in [5.41, 5.74) is 1.90. The minimum absolute atomic E-state index is 0.372. The third-order valence-electron chi connectivity index (χ3n) is 2.19. The molecule has 0 radical (unpaired) electrons. The number of aliphatic hydroxyl groups is 1. The van der Waals surface area contributed by atoms with Crippen molar-refractivity contribution in [3.63, 3.8) is 0 Å². The van der Waals surface area contributed by atoms with Crippen LogP contribution in [0.15, 0.2) is 18.5 Å². The lowest BCUT2D eigenvalue weighted by Crippen LogP contribution is -2.18. The molecule has 0 spiro atoms. The van der Waals surface area contributed by atoms with Gasteiger partial charge in [0.05, 0.1) is 36.5 Å². The fraction of sp³-hybridized carbons (Fsp3) is 0.545. The third kappa shape index (κ3) is 4.46. The van der Waals surface area contributed by atoms with E-state index in [1.807, 2.05) is 13.1 Å². The zero-order valence-corrected chi connectivity index (χ0v) is 9.73. The number of nitrogens with one attached hydrogen (secondary N) is 2. The van der Waals surface area contributed by atoms with Gasteiger partial charge < -0.3 is 20.5 Å². The van der Waals surface area contributed by atoms with E-state index in [0.717, 1.165) is 11.4 Å². The number of rotatable bonds is 7. The topological polar surface area (TPSA) is 66.4 Å². The summed E-state index contributed by atoms with van der Waals surface area (Å²) in [6, 6.07) is 1.97. The van der Waals surface area contributed by atoms with E-state index in [0.29, 0.717) is 19.6 Å². The Hall–Kier alpha value is -1.33. The average Bonchev–Trinajstić information content (AvgIpc) is 2.30. The van der Waals surface area contributed by atoms with Crippen LogP contribution in [0.25, 0.3) is 0 Å². The lowest BCUT2D eigenvalue weighted by molar-refractivity contribution is 0.0615. The van der Waals surface area contributed by atoms with Crippen LogP contribution in [0.3, 0.4) is 0 Å². The average molecular weight is 225 g/mol. The summed E-state index contributed by atoms with van der Waals surface area (Å²) < 4.78 is 4.84. The van der Waals surface area contributed by atoms with Gasteiger partial charge in [-0.05, 0) is 12.5 Å². The molecule has 0 bridgehead atoms. The van der Waals surface area contributed by atoms with Crippen molar-refractivity contribution in [3.05, 3.63) is 18.5 Å². The molecule has 90 valence electrons. The molecule has 0 saturated carbocycles. The van der Waals surface area contributed by atoms with Crippen molar-refractivity contribution in [2.24, 2.45) is 0 Å². The van der Waals surface area contributed by atoms with E-state index in [1.165, 1.54) is 0 Å². The number of anilines is 2. The van der Waals surface area contributed by atoms with Gasteiger partial charge in [0, 0.05) is 20.7 Å². The molecule has 0 aliphatic carbocycles. The Balaban J connectivity index is 2.31. The first-order valence-corrected chi connectivity index (χ1v) is 5.30. The van der Waals surface area contributed by atoms with Gasteiger partial charge in [-0.25, -0.2) is 0 Å². The van der Waals surface area contributed by atoms with Gasteiger partial charge in [-0.2, -0.15) is 0 Å². The lowest BCUT2D eigenvalue weighted by atomic mass is 10.2. The smallest absolute Gasteiger partial charge is 0.0790 e. The normalized spacial score (nSPS) is 12.2. The van der Waals surface area contributed by atoms with E-state index >= 15 is 0 Å². The van der Waals surface area contributed by atoms with E-state index in [1.54, 1.807) is 19.5 Å². The monoisotopic (exact) mass is 225 g/mol. The number of nitrogens with zero attached hydrogens (tertiary/aromatic N) is 1. The Morgan fingerprint density at radius 2 is 2.19 bits per heavy atom. The van der Waals surface area contributed by atoms with Crippen LogP contribution in [-0.4, -0.2) is 43.5 Å². The van der Waals surface area contributed by atoms with Gasteiger partial charge in [-0.15, -0.1) is 0 Å². The molecule has 5 nitrogen and oxygen atoms in total. The Labute approximate surface area is 95.8 Å². The van der Waals surface area contributed by atoms with Crippen LogP contribution in [0, 0.1) is 0 Å². The van der Waals surface area contributed by atoms with Crippen molar-refractivity contribution in [2.45, 2.75) is 12.5 Å². The first-order chi connectivity index (χ1) is 7.76. The summed E-state index contributed by atoms with van der Waals surface area (Å²) in [6.45, 7) is 1.07. The third-order valence-corrected chi connectivity index (χ3v) is 2.19. The predicted octanol–water partition coefficient (Wildman–Crippen LogP) is 0.933. The first-order valence-electron chi connectivity index (χ1n) is 5.30. The molecule has 1 aromatic heterocycles. The van der Waals surface area contributed by atoms with E-state index in [9.17, 15) is 5.11 Å². The van der Waals surface area contributed by atoms with E-state index < -0.39 is 6.10 Å². The molecular formula is C11H19N3O2. The second-order valence-corrected chi connectivity index (χ2v) is 3.54. The van der Waals surface area contributed by atoms with E-state index in [-0.39, 0.29) is 0 Å². The lowest BCUT2D eigenvalue weighted by Gasteiger charge is -2.11. The molecule has 1 unspecified atom stereocenters. The Morgan fingerprint density at radius 1 is 1.44 bits per heavy atom. The van der Waals surface area contributed by atoms with Gasteiger partial charge in [0.2, 0.25) is 0 Å². The van der Waals surface area contributed by atoms with Gasteiger partial charge in [0.15, 0.2) is 0 Å². The second-order valence-electron chi connectivity index (χ2n) is 3.54. The molecule has 5 heteroatoms. The quantitative estimate of drug-likeness (QED) is 0.644. The standard InChI is InChI=1S/C11H19N3O2/c1-12-9-5-10(7-13-6-9)14-4-3-11(15)8-16-2/h5-7,11-12,14-15H,3-4,8H2,1-2H3. The molecule has 16 heavy (non-hydrogen) atoms. The summed E-state index contributed by atoms with van der Waals surface area (Å²) in [6.07, 6.45) is 3.74.